The maximum atomic E-state index is 11.4. The van der Waals surface area contributed by atoms with Gasteiger partial charge in [0.05, 0.1) is 0 Å². The Morgan fingerprint density at radius 3 is 2.68 bits per heavy atom. The molecule has 7 heteroatoms. The first-order chi connectivity index (χ1) is 9.09. The lowest BCUT2D eigenvalue weighted by Gasteiger charge is -2.07. The van der Waals surface area contributed by atoms with E-state index >= 15 is 0 Å². The van der Waals surface area contributed by atoms with Crippen molar-refractivity contribution in [3.63, 3.8) is 0 Å². The number of urea groups is 1. The quantitative estimate of drug-likeness (QED) is 0.599. The number of carboxylic acid groups (broad SMARTS) is 1. The molecule has 0 radical (unpaired) electrons. The van der Waals surface area contributed by atoms with E-state index < -0.39 is 5.97 Å². The molecule has 1 rings (SSSR count). The number of carbonyl (C=O) groups is 2. The molecule has 1 heterocycles. The molecule has 1 aromatic rings. The first-order valence-electron chi connectivity index (χ1n) is 6.29. The zero-order valence-electron chi connectivity index (χ0n) is 11.1. The number of hydrogen-bond donors (Lipinski definition) is 3. The molecule has 3 N–H and O–H groups in total. The van der Waals surface area contributed by atoms with Gasteiger partial charge in [-0.25, -0.2) is 9.78 Å². The number of aromatic nitrogens is 2. The third kappa shape index (κ3) is 6.44. The van der Waals surface area contributed by atoms with Gasteiger partial charge in [-0.1, -0.05) is 0 Å². The molecule has 0 aliphatic carbocycles. The van der Waals surface area contributed by atoms with Crippen LogP contribution in [0.5, 0.6) is 0 Å². The predicted molar refractivity (Wildman–Crippen MR) is 69.8 cm³/mol. The molecule has 0 bridgehead atoms. The molecule has 0 aliphatic heterocycles. The molecular formula is C12H20N4O3. The highest BCUT2D eigenvalue weighted by Crippen LogP contribution is 1.94. The molecule has 0 aromatic carbocycles. The second kappa shape index (κ2) is 8.12. The topological polar surface area (TPSA) is 96.3 Å². The molecule has 0 atom stereocenters. The van der Waals surface area contributed by atoms with E-state index in [2.05, 4.69) is 15.6 Å². The molecule has 2 amide bonds. The van der Waals surface area contributed by atoms with E-state index in [9.17, 15) is 9.59 Å². The molecule has 0 saturated carbocycles. The number of nitrogens with one attached hydrogen (secondary N) is 2. The zero-order valence-corrected chi connectivity index (χ0v) is 11.1. The van der Waals surface area contributed by atoms with Crippen molar-refractivity contribution in [3.05, 3.63) is 18.2 Å². The largest absolute Gasteiger partial charge is 0.481 e. The number of aliphatic carboxylic acids is 1. The van der Waals surface area contributed by atoms with E-state index in [1.165, 1.54) is 0 Å². The van der Waals surface area contributed by atoms with Gasteiger partial charge in [-0.2, -0.15) is 0 Å². The Hall–Kier alpha value is -2.05. The first kappa shape index (κ1) is 15.0. The van der Waals surface area contributed by atoms with Gasteiger partial charge in [0, 0.05) is 45.4 Å². The number of imidazole rings is 1. The summed E-state index contributed by atoms with van der Waals surface area (Å²) in [6.45, 7) is 1.01. The normalized spacial score (nSPS) is 10.2. The van der Waals surface area contributed by atoms with Crippen molar-refractivity contribution in [1.82, 2.24) is 20.2 Å². The summed E-state index contributed by atoms with van der Waals surface area (Å²) in [5.41, 5.74) is 0. The number of aryl methyl sites for hydroxylation is 1. The SMILES string of the molecule is Cn1ccnc1CCNC(=O)NCCCCC(=O)O. The van der Waals surface area contributed by atoms with E-state index in [1.54, 1.807) is 6.20 Å². The standard InChI is InChI=1S/C12H20N4O3/c1-16-9-8-13-10(16)5-7-15-12(19)14-6-3-2-4-11(17)18/h8-9H,2-7H2,1H3,(H,17,18)(H2,14,15,19). The molecule has 0 spiro atoms. The van der Waals surface area contributed by atoms with Crippen LogP contribution in [0.1, 0.15) is 25.1 Å². The summed E-state index contributed by atoms with van der Waals surface area (Å²) < 4.78 is 1.91. The average Bonchev–Trinajstić information content (AvgIpc) is 2.74. The van der Waals surface area contributed by atoms with Gasteiger partial charge in [-0.3, -0.25) is 4.79 Å². The third-order valence-electron chi connectivity index (χ3n) is 2.66. The number of unbranched alkanes of at least 4 members (excludes halogenated alkanes) is 1. The fraction of sp³-hybridized carbons (Fsp3) is 0.583. The van der Waals surface area contributed by atoms with Crippen LogP contribution in [0.3, 0.4) is 0 Å². The maximum absolute atomic E-state index is 11.4. The second-order valence-electron chi connectivity index (χ2n) is 4.24. The van der Waals surface area contributed by atoms with Crippen LogP contribution in [0.4, 0.5) is 4.79 Å². The molecular weight excluding hydrogens is 248 g/mol. The minimum atomic E-state index is -0.806. The molecule has 106 valence electrons. The Bertz CT molecular complexity index is 417. The van der Waals surface area contributed by atoms with Crippen LogP contribution in [0.25, 0.3) is 0 Å². The van der Waals surface area contributed by atoms with Gasteiger partial charge in [0.2, 0.25) is 0 Å². The van der Waals surface area contributed by atoms with E-state index in [4.69, 9.17) is 5.11 Å². The van der Waals surface area contributed by atoms with Crippen LogP contribution < -0.4 is 10.6 Å². The van der Waals surface area contributed by atoms with Gasteiger partial charge >= 0.3 is 12.0 Å². The van der Waals surface area contributed by atoms with Crippen LogP contribution in [-0.2, 0) is 18.3 Å². The van der Waals surface area contributed by atoms with Gasteiger partial charge in [0.1, 0.15) is 5.82 Å². The van der Waals surface area contributed by atoms with E-state index in [0.29, 0.717) is 32.4 Å². The lowest BCUT2D eigenvalue weighted by molar-refractivity contribution is -0.137. The molecule has 0 aliphatic rings. The summed E-state index contributed by atoms with van der Waals surface area (Å²) in [6, 6.07) is -0.232. The summed E-state index contributed by atoms with van der Waals surface area (Å²) in [4.78, 5) is 25.8. The van der Waals surface area contributed by atoms with Crippen molar-refractivity contribution in [2.24, 2.45) is 7.05 Å². The van der Waals surface area contributed by atoms with Crippen molar-refractivity contribution in [2.75, 3.05) is 13.1 Å². The summed E-state index contributed by atoms with van der Waals surface area (Å²) in [6.07, 6.45) is 5.63. The molecule has 7 nitrogen and oxygen atoms in total. The summed E-state index contributed by atoms with van der Waals surface area (Å²) in [5, 5.41) is 13.9. The van der Waals surface area contributed by atoms with Crippen LogP contribution >= 0.6 is 0 Å². The Kier molecular flexibility index (Phi) is 6.42. The summed E-state index contributed by atoms with van der Waals surface area (Å²) in [7, 11) is 1.91. The Morgan fingerprint density at radius 1 is 1.32 bits per heavy atom. The van der Waals surface area contributed by atoms with Crippen molar-refractivity contribution in [2.45, 2.75) is 25.7 Å². The lowest BCUT2D eigenvalue weighted by Crippen LogP contribution is -2.37. The maximum Gasteiger partial charge on any atom is 0.314 e. The number of rotatable bonds is 8. The van der Waals surface area contributed by atoms with Gasteiger partial charge in [-0.05, 0) is 12.8 Å². The Morgan fingerprint density at radius 2 is 2.05 bits per heavy atom. The molecule has 19 heavy (non-hydrogen) atoms. The van der Waals surface area contributed by atoms with Gasteiger partial charge in [-0.15, -0.1) is 0 Å². The molecule has 0 saturated heterocycles. The van der Waals surface area contributed by atoms with Crippen molar-refractivity contribution in [1.29, 1.82) is 0 Å². The predicted octanol–water partition coefficient (Wildman–Crippen LogP) is 0.517. The number of carbonyl (C=O) groups excluding carboxylic acids is 1. The average molecular weight is 268 g/mol. The van der Waals surface area contributed by atoms with E-state index in [1.807, 2.05) is 17.8 Å². The Labute approximate surface area is 112 Å². The van der Waals surface area contributed by atoms with Crippen LogP contribution in [-0.4, -0.2) is 39.7 Å². The fourth-order valence-electron chi connectivity index (χ4n) is 1.59. The zero-order chi connectivity index (χ0) is 14.1. The monoisotopic (exact) mass is 268 g/mol. The fourth-order valence-corrected chi connectivity index (χ4v) is 1.59. The molecule has 1 aromatic heterocycles. The van der Waals surface area contributed by atoms with Gasteiger partial charge in [0.25, 0.3) is 0 Å². The van der Waals surface area contributed by atoms with Gasteiger partial charge in [0.15, 0.2) is 0 Å². The highest BCUT2D eigenvalue weighted by molar-refractivity contribution is 5.73. The summed E-state index contributed by atoms with van der Waals surface area (Å²) in [5.74, 6) is 0.112. The van der Waals surface area contributed by atoms with E-state index in [0.717, 1.165) is 5.82 Å². The van der Waals surface area contributed by atoms with Crippen LogP contribution in [0, 0.1) is 0 Å². The smallest absolute Gasteiger partial charge is 0.314 e. The minimum absolute atomic E-state index is 0.141. The van der Waals surface area contributed by atoms with Gasteiger partial charge < -0.3 is 20.3 Å². The highest BCUT2D eigenvalue weighted by Gasteiger charge is 2.02. The van der Waals surface area contributed by atoms with Crippen LogP contribution in [0.2, 0.25) is 0 Å². The van der Waals surface area contributed by atoms with Crippen LogP contribution in [0.15, 0.2) is 12.4 Å². The molecule has 0 unspecified atom stereocenters. The third-order valence-corrected chi connectivity index (χ3v) is 2.66. The number of nitrogens with zero attached hydrogens (tertiary/aromatic N) is 2. The van der Waals surface area contributed by atoms with Crippen molar-refractivity contribution in [3.8, 4) is 0 Å². The minimum Gasteiger partial charge on any atom is -0.481 e. The number of hydrogen-bond acceptors (Lipinski definition) is 3. The lowest BCUT2D eigenvalue weighted by atomic mass is 10.2. The first-order valence-corrected chi connectivity index (χ1v) is 6.29. The van der Waals surface area contributed by atoms with Crippen molar-refractivity contribution < 1.29 is 14.7 Å². The highest BCUT2D eigenvalue weighted by atomic mass is 16.4. The number of amides is 2. The van der Waals surface area contributed by atoms with Crippen molar-refractivity contribution >= 4 is 12.0 Å². The summed E-state index contributed by atoms with van der Waals surface area (Å²) >= 11 is 0. The Balaban J connectivity index is 2.02. The van der Waals surface area contributed by atoms with E-state index in [-0.39, 0.29) is 12.5 Å². The second-order valence-corrected chi connectivity index (χ2v) is 4.24. The number of carboxylic acids is 1. The molecule has 0 fully saturated rings.